The number of amides is 1. The monoisotopic (exact) mass is 1250 g/mol. The van der Waals surface area contributed by atoms with Gasteiger partial charge in [0.25, 0.3) is 5.91 Å². The van der Waals surface area contributed by atoms with E-state index in [9.17, 15) is 66.1 Å². The molecule has 0 spiro atoms. The van der Waals surface area contributed by atoms with Crippen molar-refractivity contribution in [3.8, 4) is 17.6 Å². The highest BCUT2D eigenvalue weighted by Gasteiger charge is 2.56. The van der Waals surface area contributed by atoms with Crippen LogP contribution in [0.1, 0.15) is 76.6 Å². The number of rotatable bonds is 30. The highest BCUT2D eigenvalue weighted by Crippen LogP contribution is 2.35. The Labute approximate surface area is 505 Å². The van der Waals surface area contributed by atoms with Gasteiger partial charge in [0.15, 0.2) is 31.5 Å². The van der Waals surface area contributed by atoms with Gasteiger partial charge in [-0.1, -0.05) is 25.8 Å². The molecule has 0 saturated carbocycles. The van der Waals surface area contributed by atoms with Crippen LogP contribution in [0.2, 0.25) is 0 Å². The molecule has 0 aromatic heterocycles. The van der Waals surface area contributed by atoms with Crippen molar-refractivity contribution in [1.82, 2.24) is 5.32 Å². The zero-order valence-corrected chi connectivity index (χ0v) is 49.6. The molecule has 0 radical (unpaired) electrons. The number of benzene rings is 1. The first-order valence-electron chi connectivity index (χ1n) is 29.6. The SMILES string of the molecule is CCCCCC#CCCCOc1cccc(C(=O)NC2C(OC3C(O)C(N)[C@H](OC4C(CO)OC(OC5C(O)C(N)[C@H](OC6C(COC(OC(C)[C@H](C)O)[C@@H](CO)OC)OC(C)C(N)C6O)O[C@H]5CO)C(N)C4O)O[C@H]3CO)OC(CO)C(O)C2O)c1. The van der Waals surface area contributed by atoms with Crippen LogP contribution in [0.3, 0.4) is 0 Å². The van der Waals surface area contributed by atoms with Crippen LogP contribution in [0.4, 0.5) is 0 Å². The van der Waals surface area contributed by atoms with E-state index in [2.05, 4.69) is 24.1 Å². The van der Waals surface area contributed by atoms with Crippen molar-refractivity contribution in [3.05, 3.63) is 29.8 Å². The fourth-order valence-corrected chi connectivity index (χ4v) is 10.5. The van der Waals surface area contributed by atoms with E-state index >= 15 is 0 Å². The molecule has 1 amide bonds. The van der Waals surface area contributed by atoms with Crippen LogP contribution < -0.4 is 33.0 Å². The summed E-state index contributed by atoms with van der Waals surface area (Å²) in [4.78, 5) is 13.8. The molecule has 500 valence electrons. The summed E-state index contributed by atoms with van der Waals surface area (Å²) in [5, 5.41) is 133. The Hall–Kier alpha value is -3.07. The predicted molar refractivity (Wildman–Crippen MR) is 299 cm³/mol. The molecule has 5 aliphatic heterocycles. The summed E-state index contributed by atoms with van der Waals surface area (Å²) in [6, 6.07) is -1.10. The quantitative estimate of drug-likeness (QED) is 0.0193. The normalized spacial score (nSPS) is 39.7. The maximum Gasteiger partial charge on any atom is 0.251 e. The third-order valence-electron chi connectivity index (χ3n) is 16.2. The van der Waals surface area contributed by atoms with Crippen LogP contribution in [0.5, 0.6) is 5.75 Å². The van der Waals surface area contributed by atoms with Gasteiger partial charge in [0, 0.05) is 25.5 Å². The molecule has 5 fully saturated rings. The van der Waals surface area contributed by atoms with Crippen molar-refractivity contribution in [1.29, 1.82) is 0 Å². The number of unbranched alkanes of at least 4 members (excludes halogenated alkanes) is 4. The lowest BCUT2D eigenvalue weighted by atomic mass is 9.93. The lowest BCUT2D eigenvalue weighted by Crippen LogP contribution is -2.71. The highest BCUT2D eigenvalue weighted by molar-refractivity contribution is 5.94. The molecular weight excluding hydrogens is 1160 g/mol. The van der Waals surface area contributed by atoms with Gasteiger partial charge in [-0.15, -0.1) is 11.8 Å². The molecule has 31 heteroatoms. The number of nitrogens with two attached hydrogens (primary N) is 4. The van der Waals surface area contributed by atoms with Gasteiger partial charge in [0.2, 0.25) is 0 Å². The lowest BCUT2D eigenvalue weighted by Gasteiger charge is -2.50. The maximum absolute atomic E-state index is 13.8. The minimum atomic E-state index is -1.83. The van der Waals surface area contributed by atoms with Gasteiger partial charge >= 0.3 is 0 Å². The average molecular weight is 1250 g/mol. The smallest absolute Gasteiger partial charge is 0.251 e. The molecule has 5 aliphatic rings. The minimum absolute atomic E-state index is 0.0891. The molecule has 1 aromatic carbocycles. The lowest BCUT2D eigenvalue weighted by molar-refractivity contribution is -0.363. The standard InChI is InChI=1S/C56H95N5O26/c1-6-7-8-9-10-11-12-13-17-76-29-16-14-15-28(18-29)51(74)61-40-46(73)41(68)30(19-62)80-56(40)87-49-33(22-65)83-54(39(60)45(49)72)85-47-31(20-63)81-53(37(58)43(47)70)84-48-32(21-64)82-55(38(59)44(48)71)86-50-35(78-27(4)36(57)42(50)69)24-77-52(34(23-66)75-5)79-26(3)25(2)67/h14-16,18,25-27,30-50,52-56,62-73H,6-9,12-13,17,19-24,57-60H2,1-5H3,(H,61,74)/t25-,26?,27?,30?,31?,32-,33-,34+,35?,36?,37?,38?,39?,40?,41?,42?,43?,44?,45?,46?,47?,48?,49?,50?,52?,53?,54-,55-,56?/m0/s1. The molecule has 5 heterocycles. The zero-order valence-electron chi connectivity index (χ0n) is 49.6. The summed E-state index contributed by atoms with van der Waals surface area (Å²) in [6.45, 7) is 2.79. The van der Waals surface area contributed by atoms with Crippen molar-refractivity contribution in [3.63, 3.8) is 0 Å². The number of hydrogen-bond donors (Lipinski definition) is 17. The number of nitrogens with one attached hydrogen (secondary N) is 1. The van der Waals surface area contributed by atoms with E-state index < -0.39 is 217 Å². The van der Waals surface area contributed by atoms with Gasteiger partial charge in [0.05, 0.1) is 88.7 Å². The topological polar surface area (TPSA) is 496 Å². The molecule has 0 bridgehead atoms. The van der Waals surface area contributed by atoms with E-state index in [0.717, 1.165) is 25.7 Å². The van der Waals surface area contributed by atoms with Gasteiger partial charge < -0.3 is 151 Å². The fraction of sp³-hybridized carbons (Fsp3) is 0.839. The summed E-state index contributed by atoms with van der Waals surface area (Å²) in [5.41, 5.74) is 25.8. The summed E-state index contributed by atoms with van der Waals surface area (Å²) in [6.07, 6.45) is -29.8. The van der Waals surface area contributed by atoms with Crippen LogP contribution in [0.25, 0.3) is 0 Å². The Morgan fingerprint density at radius 2 is 1.11 bits per heavy atom. The molecule has 31 nitrogen and oxygen atoms in total. The summed E-state index contributed by atoms with van der Waals surface area (Å²) in [7, 11) is 1.31. The molecule has 29 atom stereocenters. The number of methoxy groups -OCH3 is 1. The molecule has 1 aromatic rings. The highest BCUT2D eigenvalue weighted by atomic mass is 16.8. The Kier molecular flexibility index (Phi) is 29.4. The first-order chi connectivity index (χ1) is 41.6. The number of aliphatic hydroxyl groups is 12. The van der Waals surface area contributed by atoms with E-state index in [4.69, 9.17) is 84.5 Å². The number of ether oxygens (including phenoxy) is 13. The third-order valence-corrected chi connectivity index (χ3v) is 16.2. The fourth-order valence-electron chi connectivity index (χ4n) is 10.5. The first kappa shape index (κ1) is 73.0. The van der Waals surface area contributed by atoms with Gasteiger partial charge in [-0.05, 0) is 51.8 Å². The van der Waals surface area contributed by atoms with Gasteiger partial charge in [-0.25, -0.2) is 0 Å². The predicted octanol–water partition coefficient (Wildman–Crippen LogP) is -6.66. The van der Waals surface area contributed by atoms with Crippen molar-refractivity contribution < 1.29 is 128 Å². The molecule has 6 rings (SSSR count). The van der Waals surface area contributed by atoms with Crippen molar-refractivity contribution in [2.45, 2.75) is 244 Å². The summed E-state index contributed by atoms with van der Waals surface area (Å²) in [5.74, 6) is 5.89. The summed E-state index contributed by atoms with van der Waals surface area (Å²) < 4.78 is 77.2. The Balaban J connectivity index is 1.08. The third kappa shape index (κ3) is 18.6. The second-order valence-corrected chi connectivity index (χ2v) is 22.5. The Morgan fingerprint density at radius 3 is 1.60 bits per heavy atom. The first-order valence-corrected chi connectivity index (χ1v) is 29.6. The van der Waals surface area contributed by atoms with Gasteiger partial charge in [-0.3, -0.25) is 4.79 Å². The van der Waals surface area contributed by atoms with E-state index in [-0.39, 0.29) is 12.2 Å². The minimum Gasteiger partial charge on any atom is -0.494 e. The van der Waals surface area contributed by atoms with E-state index in [1.54, 1.807) is 26.0 Å². The molecule has 5 saturated heterocycles. The van der Waals surface area contributed by atoms with Crippen LogP contribution in [-0.2, 0) is 56.8 Å². The van der Waals surface area contributed by atoms with Gasteiger partial charge in [0.1, 0.15) is 109 Å². The summed E-state index contributed by atoms with van der Waals surface area (Å²) >= 11 is 0. The number of carbonyl (C=O) groups excluding carboxylic acids is 1. The maximum atomic E-state index is 13.8. The average Bonchev–Trinajstić information content (AvgIpc) is 2.48. The van der Waals surface area contributed by atoms with Crippen LogP contribution in [0, 0.1) is 11.8 Å². The number of carbonyl (C=O) groups is 1. The van der Waals surface area contributed by atoms with Crippen molar-refractivity contribution in [2.75, 3.05) is 53.4 Å². The van der Waals surface area contributed by atoms with Crippen LogP contribution in [-0.4, -0.2) is 298 Å². The second kappa shape index (κ2) is 35.1. The van der Waals surface area contributed by atoms with E-state index in [0.29, 0.717) is 25.2 Å². The zero-order chi connectivity index (χ0) is 63.8. The molecule has 0 aliphatic carbocycles. The second-order valence-electron chi connectivity index (χ2n) is 22.5. The molecule has 87 heavy (non-hydrogen) atoms. The number of aliphatic hydroxyl groups excluding tert-OH is 12. The van der Waals surface area contributed by atoms with Crippen molar-refractivity contribution in [2.24, 2.45) is 22.9 Å². The largest absolute Gasteiger partial charge is 0.494 e. The Morgan fingerprint density at radius 1 is 0.632 bits per heavy atom. The van der Waals surface area contributed by atoms with Gasteiger partial charge in [-0.2, -0.15) is 0 Å². The molecule has 21 N–H and O–H groups in total. The van der Waals surface area contributed by atoms with Crippen LogP contribution >= 0.6 is 0 Å². The Bertz CT molecular complexity index is 2240. The molecular formula is C56H95N5O26. The number of hydrogen-bond acceptors (Lipinski definition) is 30. The van der Waals surface area contributed by atoms with E-state index in [1.807, 2.05) is 0 Å². The van der Waals surface area contributed by atoms with Crippen LogP contribution in [0.15, 0.2) is 24.3 Å². The van der Waals surface area contributed by atoms with Crippen molar-refractivity contribution >= 4 is 5.91 Å². The molecule has 23 unspecified atom stereocenters. The van der Waals surface area contributed by atoms with E-state index in [1.165, 1.54) is 26.2 Å².